The van der Waals surface area contributed by atoms with Crippen LogP contribution in [0.15, 0.2) is 85.0 Å². The topological polar surface area (TPSA) is 49.3 Å². The molecule has 3 heteroatoms. The number of aryl methyl sites for hydroxylation is 1. The largest absolute Gasteiger partial charge is 0.385 e. The van der Waals surface area contributed by atoms with E-state index in [1.807, 2.05) is 55.5 Å². The molecule has 0 aliphatic rings. The Kier molecular flexibility index (Phi) is 9.84. The van der Waals surface area contributed by atoms with Gasteiger partial charge in [-0.1, -0.05) is 85.3 Å². The summed E-state index contributed by atoms with van der Waals surface area (Å²) in [6, 6.07) is 20.0. The zero-order valence-electron chi connectivity index (χ0n) is 16.6. The van der Waals surface area contributed by atoms with Gasteiger partial charge in [-0.05, 0) is 32.3 Å². The van der Waals surface area contributed by atoms with Crippen LogP contribution >= 0.6 is 0 Å². The number of amides is 1. The van der Waals surface area contributed by atoms with Gasteiger partial charge in [-0.25, -0.2) is 0 Å². The number of hydrogen-bond acceptors (Lipinski definition) is 2. The highest BCUT2D eigenvalue weighted by molar-refractivity contribution is 5.95. The fraction of sp³-hybridized carbons (Fsp3) is 0.292. The lowest BCUT2D eigenvalue weighted by Gasteiger charge is -2.24. The van der Waals surface area contributed by atoms with E-state index in [9.17, 15) is 9.90 Å². The van der Waals surface area contributed by atoms with Gasteiger partial charge in [0, 0.05) is 12.1 Å². The van der Waals surface area contributed by atoms with Crippen molar-refractivity contribution in [1.82, 2.24) is 5.32 Å². The maximum atomic E-state index is 12.3. The summed E-state index contributed by atoms with van der Waals surface area (Å²) in [7, 11) is 0. The lowest BCUT2D eigenvalue weighted by Crippen LogP contribution is -2.37. The zero-order valence-corrected chi connectivity index (χ0v) is 16.6. The number of rotatable bonds is 7. The molecule has 144 valence electrons. The van der Waals surface area contributed by atoms with Crippen molar-refractivity contribution in [1.29, 1.82) is 0 Å². The van der Waals surface area contributed by atoms with Gasteiger partial charge in [0.15, 0.2) is 0 Å². The molecule has 0 saturated carbocycles. The highest BCUT2D eigenvalue weighted by Gasteiger charge is 2.29. The molecule has 0 aliphatic heterocycles. The summed E-state index contributed by atoms with van der Waals surface area (Å²) >= 11 is 0. The average molecular weight is 366 g/mol. The van der Waals surface area contributed by atoms with E-state index in [4.69, 9.17) is 0 Å². The van der Waals surface area contributed by atoms with E-state index in [-0.39, 0.29) is 5.91 Å². The van der Waals surface area contributed by atoms with Crippen molar-refractivity contribution in [2.75, 3.05) is 0 Å². The number of allylic oxidation sites excluding steroid dienone is 1. The standard InChI is InChI=1S/C17H23NO2.C7H8/c1-4-9-15(17(3,20)12-5-2)16(19)18-13-14-10-7-6-8-11-14;1-7-5-3-2-4-6-7/h5-11,20H,2,4,12-13H2,1,3H3,(H,18,19);2-6H,1H3/b15-9-;/t17-;/m0./s1. The molecule has 2 rings (SSSR count). The van der Waals surface area contributed by atoms with Gasteiger partial charge < -0.3 is 10.4 Å². The van der Waals surface area contributed by atoms with Crippen LogP contribution in [0.4, 0.5) is 0 Å². The first-order valence-corrected chi connectivity index (χ1v) is 9.28. The first-order valence-electron chi connectivity index (χ1n) is 9.28. The summed E-state index contributed by atoms with van der Waals surface area (Å²) in [5.41, 5.74) is 1.57. The summed E-state index contributed by atoms with van der Waals surface area (Å²) in [6.07, 6.45) is 4.43. The van der Waals surface area contributed by atoms with Crippen LogP contribution in [0.1, 0.15) is 37.8 Å². The Labute approximate surface area is 163 Å². The molecule has 0 fully saturated rings. The number of aliphatic hydroxyl groups is 1. The van der Waals surface area contributed by atoms with Gasteiger partial charge in [-0.15, -0.1) is 6.58 Å². The first-order chi connectivity index (χ1) is 12.9. The van der Waals surface area contributed by atoms with Crippen LogP contribution in [0.3, 0.4) is 0 Å². The number of hydrogen-bond donors (Lipinski definition) is 2. The summed E-state index contributed by atoms with van der Waals surface area (Å²) in [4.78, 5) is 12.3. The molecule has 0 aliphatic carbocycles. The minimum atomic E-state index is -1.18. The molecular weight excluding hydrogens is 334 g/mol. The van der Waals surface area contributed by atoms with Crippen molar-refractivity contribution in [2.24, 2.45) is 0 Å². The molecule has 0 saturated heterocycles. The minimum Gasteiger partial charge on any atom is -0.385 e. The molecule has 1 atom stereocenters. The van der Waals surface area contributed by atoms with Crippen LogP contribution in [-0.2, 0) is 11.3 Å². The van der Waals surface area contributed by atoms with Crippen molar-refractivity contribution in [3.05, 3.63) is 96.1 Å². The Hall–Kier alpha value is -2.65. The zero-order chi connectivity index (χ0) is 20.1. The van der Waals surface area contributed by atoms with Crippen LogP contribution in [0.25, 0.3) is 0 Å². The quantitative estimate of drug-likeness (QED) is 0.538. The van der Waals surface area contributed by atoms with E-state index in [1.54, 1.807) is 19.1 Å². The third-order valence-electron chi connectivity index (χ3n) is 4.01. The maximum absolute atomic E-state index is 12.3. The second-order valence-corrected chi connectivity index (χ2v) is 6.62. The molecule has 0 spiro atoms. The van der Waals surface area contributed by atoms with Crippen molar-refractivity contribution >= 4 is 5.91 Å². The molecule has 2 N–H and O–H groups in total. The molecule has 0 aromatic heterocycles. The molecule has 2 aromatic carbocycles. The van der Waals surface area contributed by atoms with E-state index in [0.29, 0.717) is 25.0 Å². The van der Waals surface area contributed by atoms with Crippen LogP contribution < -0.4 is 5.32 Å². The minimum absolute atomic E-state index is 0.234. The summed E-state index contributed by atoms with van der Waals surface area (Å²) in [6.45, 7) is 9.73. The fourth-order valence-corrected chi connectivity index (χ4v) is 2.56. The van der Waals surface area contributed by atoms with Crippen molar-refractivity contribution in [3.63, 3.8) is 0 Å². The van der Waals surface area contributed by atoms with Crippen molar-refractivity contribution in [3.8, 4) is 0 Å². The molecule has 3 nitrogen and oxygen atoms in total. The number of carbonyl (C=O) groups is 1. The lowest BCUT2D eigenvalue weighted by atomic mass is 9.90. The van der Waals surface area contributed by atoms with Gasteiger partial charge in [-0.2, -0.15) is 0 Å². The molecule has 27 heavy (non-hydrogen) atoms. The maximum Gasteiger partial charge on any atom is 0.250 e. The second-order valence-electron chi connectivity index (χ2n) is 6.62. The van der Waals surface area contributed by atoms with Crippen molar-refractivity contribution < 1.29 is 9.90 Å². The predicted octanol–water partition coefficient (Wildman–Crippen LogP) is 4.96. The highest BCUT2D eigenvalue weighted by atomic mass is 16.3. The summed E-state index contributed by atoms with van der Waals surface area (Å²) < 4.78 is 0. The predicted molar refractivity (Wildman–Crippen MR) is 113 cm³/mol. The molecular formula is C24H31NO2. The Morgan fingerprint density at radius 2 is 1.67 bits per heavy atom. The first kappa shape index (κ1) is 22.4. The van der Waals surface area contributed by atoms with E-state index in [0.717, 1.165) is 5.56 Å². The van der Waals surface area contributed by atoms with Gasteiger partial charge in [0.05, 0.1) is 5.60 Å². The van der Waals surface area contributed by atoms with Crippen LogP contribution in [0.2, 0.25) is 0 Å². The van der Waals surface area contributed by atoms with E-state index >= 15 is 0 Å². The van der Waals surface area contributed by atoms with Gasteiger partial charge in [0.2, 0.25) is 5.91 Å². The van der Waals surface area contributed by atoms with Gasteiger partial charge in [0.1, 0.15) is 0 Å². The Balaban J connectivity index is 0.000000433. The third-order valence-corrected chi connectivity index (χ3v) is 4.01. The number of nitrogens with one attached hydrogen (secondary N) is 1. The molecule has 0 heterocycles. The van der Waals surface area contributed by atoms with E-state index in [1.165, 1.54) is 5.56 Å². The summed E-state index contributed by atoms with van der Waals surface area (Å²) in [5.74, 6) is -0.234. The molecule has 0 bridgehead atoms. The molecule has 0 unspecified atom stereocenters. The Morgan fingerprint density at radius 1 is 1.11 bits per heavy atom. The van der Waals surface area contributed by atoms with Crippen LogP contribution in [0, 0.1) is 6.92 Å². The van der Waals surface area contributed by atoms with Crippen LogP contribution in [-0.4, -0.2) is 16.6 Å². The number of benzene rings is 2. The highest BCUT2D eigenvalue weighted by Crippen LogP contribution is 2.22. The van der Waals surface area contributed by atoms with Gasteiger partial charge in [-0.3, -0.25) is 4.79 Å². The van der Waals surface area contributed by atoms with E-state index < -0.39 is 5.60 Å². The van der Waals surface area contributed by atoms with E-state index in [2.05, 4.69) is 31.0 Å². The second kappa shape index (κ2) is 11.9. The van der Waals surface area contributed by atoms with Gasteiger partial charge >= 0.3 is 0 Å². The van der Waals surface area contributed by atoms with Crippen molar-refractivity contribution in [2.45, 2.75) is 45.8 Å². The molecule has 2 aromatic rings. The summed E-state index contributed by atoms with van der Waals surface area (Å²) in [5, 5.41) is 13.2. The lowest BCUT2D eigenvalue weighted by molar-refractivity contribution is -0.119. The monoisotopic (exact) mass is 365 g/mol. The van der Waals surface area contributed by atoms with Gasteiger partial charge in [0.25, 0.3) is 0 Å². The average Bonchev–Trinajstić information content (AvgIpc) is 2.66. The molecule has 0 radical (unpaired) electrons. The SMILES string of the molecule is C=CC[C@](C)(O)/C(=C\CC)C(=O)NCc1ccccc1.Cc1ccccc1. The van der Waals surface area contributed by atoms with Crippen LogP contribution in [0.5, 0.6) is 0 Å². The smallest absolute Gasteiger partial charge is 0.250 e. The number of carbonyl (C=O) groups excluding carboxylic acids is 1. The molecule has 1 amide bonds. The Bertz CT molecular complexity index is 719. The fourth-order valence-electron chi connectivity index (χ4n) is 2.56. The third kappa shape index (κ3) is 8.52. The normalized spacial score (nSPS) is 13.0. The Morgan fingerprint density at radius 3 is 2.11 bits per heavy atom.